The number of hydrogen-bond acceptors (Lipinski definition) is 3. The third kappa shape index (κ3) is 3.75. The van der Waals surface area contributed by atoms with Gasteiger partial charge in [0.05, 0.1) is 22.7 Å². The molecule has 202 valence electrons. The summed E-state index contributed by atoms with van der Waals surface area (Å²) in [6, 6.07) is 45.4. The predicted octanol–water partition coefficient (Wildman–Crippen LogP) is 10.6. The molecule has 3 nitrogen and oxygen atoms in total. The molecule has 3 heterocycles. The molecule has 0 aliphatic carbocycles. The van der Waals surface area contributed by atoms with Gasteiger partial charge >= 0.3 is 0 Å². The summed E-state index contributed by atoms with van der Waals surface area (Å²) in [5.41, 5.74) is 13.6. The first kappa shape index (κ1) is 24.4. The molecule has 9 rings (SSSR count). The van der Waals surface area contributed by atoms with Crippen molar-refractivity contribution in [2.75, 3.05) is 0 Å². The number of fused-ring (bicyclic) bond motifs is 9. The molecule has 43 heavy (non-hydrogen) atoms. The monoisotopic (exact) mass is 568 g/mol. The molecular weight excluding hydrogens is 545 g/mol. The van der Waals surface area contributed by atoms with Crippen LogP contribution < -0.4 is 0 Å². The number of rotatable bonds is 2. The van der Waals surface area contributed by atoms with Crippen molar-refractivity contribution in [3.63, 3.8) is 0 Å². The first-order valence-electron chi connectivity index (χ1n) is 14.4. The molecule has 2 aromatic heterocycles. The van der Waals surface area contributed by atoms with Crippen LogP contribution in [0.2, 0.25) is 0 Å². The Balaban J connectivity index is 1.18. The van der Waals surface area contributed by atoms with Crippen LogP contribution in [0.3, 0.4) is 0 Å². The Hall–Kier alpha value is -5.24. The molecule has 0 unspecified atom stereocenters. The summed E-state index contributed by atoms with van der Waals surface area (Å²) >= 11 is 1.97. The fraction of sp³-hybridized carbons (Fsp3) is 0.0513. The summed E-state index contributed by atoms with van der Waals surface area (Å²) in [6.45, 7) is 0. The Bertz CT molecular complexity index is 2460. The van der Waals surface area contributed by atoms with Crippen molar-refractivity contribution in [3.8, 4) is 34.0 Å². The maximum Gasteiger partial charge on any atom is 0.136 e. The van der Waals surface area contributed by atoms with E-state index in [2.05, 4.69) is 108 Å². The predicted molar refractivity (Wildman–Crippen MR) is 179 cm³/mol. The highest BCUT2D eigenvalue weighted by Crippen LogP contribution is 2.41. The lowest BCUT2D eigenvalue weighted by Crippen LogP contribution is -1.97. The molecule has 1 aliphatic rings. The maximum absolute atomic E-state index is 9.55. The molecule has 8 aromatic rings. The smallest absolute Gasteiger partial charge is 0.136 e. The largest absolute Gasteiger partial charge is 0.456 e. The quantitative estimate of drug-likeness (QED) is 0.208. The van der Waals surface area contributed by atoms with E-state index in [0.29, 0.717) is 5.56 Å². The highest BCUT2D eigenvalue weighted by molar-refractivity contribution is 7.97. The van der Waals surface area contributed by atoms with Crippen LogP contribution in [0.25, 0.3) is 71.7 Å². The van der Waals surface area contributed by atoms with E-state index in [1.165, 1.54) is 33.4 Å². The van der Waals surface area contributed by atoms with Crippen molar-refractivity contribution in [1.82, 2.24) is 4.57 Å². The van der Waals surface area contributed by atoms with Crippen molar-refractivity contribution in [2.45, 2.75) is 11.5 Å². The van der Waals surface area contributed by atoms with Crippen molar-refractivity contribution >= 4 is 55.5 Å². The van der Waals surface area contributed by atoms with Crippen LogP contribution in [-0.2, 0) is 11.5 Å². The SMILES string of the molecule is N#Cc1ccc2c(c1)c1ccccc1n2-c1ccc2c(c1)-c1ccc(-c3ccc4c(c3)oc3ccccc34)cc1CSC2. The molecule has 4 heteroatoms. The van der Waals surface area contributed by atoms with Gasteiger partial charge in [-0.15, -0.1) is 0 Å². The fourth-order valence-electron chi connectivity index (χ4n) is 6.73. The number of thioether (sulfide) groups is 1. The van der Waals surface area contributed by atoms with Gasteiger partial charge in [0.15, 0.2) is 0 Å². The molecule has 6 aromatic carbocycles. The van der Waals surface area contributed by atoms with E-state index in [0.717, 1.165) is 60.9 Å². The Labute approximate surface area is 252 Å². The van der Waals surface area contributed by atoms with Crippen LogP contribution in [0.15, 0.2) is 126 Å². The zero-order valence-electron chi connectivity index (χ0n) is 23.2. The van der Waals surface area contributed by atoms with Gasteiger partial charge in [-0.1, -0.05) is 60.7 Å². The minimum atomic E-state index is 0.679. The third-order valence-corrected chi connectivity index (χ3v) is 9.81. The third-order valence-electron chi connectivity index (χ3n) is 8.78. The van der Waals surface area contributed by atoms with Gasteiger partial charge in [-0.2, -0.15) is 17.0 Å². The topological polar surface area (TPSA) is 41.9 Å². The van der Waals surface area contributed by atoms with E-state index in [9.17, 15) is 5.26 Å². The summed E-state index contributed by atoms with van der Waals surface area (Å²) in [5, 5.41) is 14.1. The normalized spacial score (nSPS) is 12.8. The van der Waals surface area contributed by atoms with Gasteiger partial charge in [0.1, 0.15) is 11.2 Å². The van der Waals surface area contributed by atoms with Gasteiger partial charge in [0.2, 0.25) is 0 Å². The first-order valence-corrected chi connectivity index (χ1v) is 15.6. The highest BCUT2D eigenvalue weighted by atomic mass is 32.2. The molecule has 0 saturated heterocycles. The standard InChI is InChI=1S/C39H24N2OS/c40-21-24-9-16-37-35(17-24)31-5-1-3-7-36(31)41(37)29-13-10-27-22-43-23-28-18-25(11-14-30(28)34(27)20-29)26-12-15-33-32-6-2-4-8-38(32)42-39(33)19-26/h1-20H,22-23H2. The number of nitrogens with zero attached hydrogens (tertiary/aromatic N) is 2. The van der Waals surface area contributed by atoms with E-state index in [1.54, 1.807) is 0 Å². The van der Waals surface area contributed by atoms with Crippen LogP contribution in [0.4, 0.5) is 0 Å². The number of furan rings is 1. The molecule has 0 spiro atoms. The van der Waals surface area contributed by atoms with E-state index >= 15 is 0 Å². The lowest BCUT2D eigenvalue weighted by molar-refractivity contribution is 0.669. The molecule has 0 bridgehead atoms. The van der Waals surface area contributed by atoms with Crippen LogP contribution in [-0.4, -0.2) is 4.57 Å². The lowest BCUT2D eigenvalue weighted by Gasteiger charge is -2.15. The number of nitriles is 1. The molecule has 1 aliphatic heterocycles. The lowest BCUT2D eigenvalue weighted by atomic mass is 9.93. The maximum atomic E-state index is 9.55. The van der Waals surface area contributed by atoms with Crippen LogP contribution in [0.5, 0.6) is 0 Å². The summed E-state index contributed by atoms with van der Waals surface area (Å²) in [7, 11) is 0. The minimum Gasteiger partial charge on any atom is -0.456 e. The second kappa shape index (κ2) is 9.39. The van der Waals surface area contributed by atoms with Gasteiger partial charge in [-0.25, -0.2) is 0 Å². The van der Waals surface area contributed by atoms with Crippen LogP contribution in [0, 0.1) is 11.3 Å². The Morgan fingerprint density at radius 3 is 2.28 bits per heavy atom. The van der Waals surface area contributed by atoms with Crippen molar-refractivity contribution in [2.24, 2.45) is 0 Å². The van der Waals surface area contributed by atoms with Gasteiger partial charge in [0.25, 0.3) is 0 Å². The van der Waals surface area contributed by atoms with Gasteiger partial charge < -0.3 is 8.98 Å². The Morgan fingerprint density at radius 2 is 1.35 bits per heavy atom. The molecule has 0 fully saturated rings. The number of benzene rings is 6. The van der Waals surface area contributed by atoms with Crippen molar-refractivity contribution in [3.05, 3.63) is 138 Å². The van der Waals surface area contributed by atoms with Crippen LogP contribution >= 0.6 is 11.8 Å². The molecule has 0 saturated carbocycles. The number of hydrogen-bond donors (Lipinski definition) is 0. The zero-order valence-corrected chi connectivity index (χ0v) is 24.0. The zero-order chi connectivity index (χ0) is 28.5. The summed E-state index contributed by atoms with van der Waals surface area (Å²) < 4.78 is 8.53. The first-order chi connectivity index (χ1) is 21.2. The molecular formula is C39H24N2OS. The Kier molecular flexibility index (Phi) is 5.32. The summed E-state index contributed by atoms with van der Waals surface area (Å²) in [6.07, 6.45) is 0. The second-order valence-electron chi connectivity index (χ2n) is 11.2. The van der Waals surface area contributed by atoms with E-state index in [1.807, 2.05) is 36.0 Å². The van der Waals surface area contributed by atoms with Crippen molar-refractivity contribution in [1.29, 1.82) is 5.26 Å². The summed E-state index contributed by atoms with van der Waals surface area (Å²) in [5.74, 6) is 1.94. The van der Waals surface area contributed by atoms with Gasteiger partial charge in [-0.05, 0) is 94.0 Å². The minimum absolute atomic E-state index is 0.679. The second-order valence-corrected chi connectivity index (χ2v) is 12.2. The fourth-order valence-corrected chi connectivity index (χ4v) is 7.77. The molecule has 0 atom stereocenters. The average Bonchev–Trinajstić information content (AvgIpc) is 3.53. The average molecular weight is 569 g/mol. The van der Waals surface area contributed by atoms with Gasteiger partial charge in [-0.3, -0.25) is 0 Å². The number of para-hydroxylation sites is 2. The molecule has 0 amide bonds. The Morgan fingerprint density at radius 1 is 0.581 bits per heavy atom. The highest BCUT2D eigenvalue weighted by Gasteiger charge is 2.19. The van der Waals surface area contributed by atoms with E-state index in [-0.39, 0.29) is 0 Å². The van der Waals surface area contributed by atoms with Crippen molar-refractivity contribution < 1.29 is 4.42 Å². The summed E-state index contributed by atoms with van der Waals surface area (Å²) in [4.78, 5) is 0. The van der Waals surface area contributed by atoms with Crippen LogP contribution in [0.1, 0.15) is 16.7 Å². The van der Waals surface area contributed by atoms with E-state index < -0.39 is 0 Å². The molecule has 0 N–H and O–H groups in total. The van der Waals surface area contributed by atoms with Gasteiger partial charge in [0, 0.05) is 38.7 Å². The number of aromatic nitrogens is 1. The van der Waals surface area contributed by atoms with E-state index in [4.69, 9.17) is 4.42 Å². The molecule has 0 radical (unpaired) electrons.